The Hall–Kier alpha value is -1.66. The summed E-state index contributed by atoms with van der Waals surface area (Å²) in [5.41, 5.74) is -0.841. The number of hydrogen-bond acceptors (Lipinski definition) is 7. The van der Waals surface area contributed by atoms with Gasteiger partial charge >= 0.3 is 5.97 Å². The predicted molar refractivity (Wildman–Crippen MR) is 78.3 cm³/mol. The highest BCUT2D eigenvalue weighted by atomic mass is 32.2. The highest BCUT2D eigenvalue weighted by Crippen LogP contribution is 2.39. The van der Waals surface area contributed by atoms with Gasteiger partial charge in [0.2, 0.25) is 5.91 Å². The Morgan fingerprint density at radius 3 is 2.39 bits per heavy atom. The van der Waals surface area contributed by atoms with Crippen molar-refractivity contribution in [3.63, 3.8) is 0 Å². The number of carbonyl (C=O) groups excluding carboxylic acids is 2. The number of carbonyl (C=O) groups is 2. The molecule has 0 bridgehead atoms. The molecule has 3 unspecified atom stereocenters. The lowest BCUT2D eigenvalue weighted by Crippen LogP contribution is -2.42. The summed E-state index contributed by atoms with van der Waals surface area (Å²) in [6.07, 6.45) is 1.54. The van der Waals surface area contributed by atoms with Gasteiger partial charge in [-0.3, -0.25) is 13.8 Å². The first-order valence-corrected chi connectivity index (χ1v) is 9.29. The zero-order chi connectivity index (χ0) is 17.3. The van der Waals surface area contributed by atoms with E-state index in [0.29, 0.717) is 12.8 Å². The van der Waals surface area contributed by atoms with Gasteiger partial charge in [0.15, 0.2) is 0 Å². The average Bonchev–Trinajstić information content (AvgIpc) is 3.09. The molecule has 0 aliphatic heterocycles. The van der Waals surface area contributed by atoms with Gasteiger partial charge in [0.05, 0.1) is 36.9 Å². The molecule has 2 fully saturated rings. The van der Waals surface area contributed by atoms with E-state index in [1.807, 2.05) is 0 Å². The molecule has 0 aromatic carbocycles. The average molecular weight is 344 g/mol. The molecule has 1 N–H and O–H groups in total. The van der Waals surface area contributed by atoms with E-state index >= 15 is 0 Å². The fraction of sp³-hybridized carbons (Fsp3) is 0.786. The van der Waals surface area contributed by atoms with Crippen molar-refractivity contribution in [2.75, 3.05) is 12.9 Å². The minimum atomic E-state index is -3.68. The first-order chi connectivity index (χ1) is 10.7. The maximum atomic E-state index is 12.4. The SMILES string of the molecule is CCOC(=O)C1CC(OS(C)(=O)=O)CC1C(=O)NC1(C#N)CC1. The molecule has 1 amide bonds. The molecule has 9 heteroatoms. The molecule has 0 spiro atoms. The van der Waals surface area contributed by atoms with Crippen molar-refractivity contribution in [2.24, 2.45) is 11.8 Å². The first-order valence-electron chi connectivity index (χ1n) is 7.48. The smallest absolute Gasteiger partial charge is 0.309 e. The first kappa shape index (κ1) is 17.7. The van der Waals surface area contributed by atoms with Crippen molar-refractivity contribution in [1.82, 2.24) is 5.32 Å². The highest BCUT2D eigenvalue weighted by Gasteiger charge is 2.50. The summed E-state index contributed by atoms with van der Waals surface area (Å²) < 4.78 is 32.4. The summed E-state index contributed by atoms with van der Waals surface area (Å²) in [5.74, 6) is -2.50. The minimum absolute atomic E-state index is 0.101. The zero-order valence-corrected chi connectivity index (χ0v) is 13.9. The number of amides is 1. The Bertz CT molecular complexity index is 634. The number of nitrogens with zero attached hydrogens (tertiary/aromatic N) is 1. The standard InChI is InChI=1S/C14H20N2O6S/c1-3-21-13(18)11-7-9(22-23(2,19)20)6-10(11)12(17)16-14(8-15)4-5-14/h9-11H,3-7H2,1-2H3,(H,16,17). The molecule has 0 heterocycles. The number of esters is 1. The number of ether oxygens (including phenoxy) is 1. The van der Waals surface area contributed by atoms with Crippen LogP contribution in [0.1, 0.15) is 32.6 Å². The second kappa shape index (κ2) is 6.45. The fourth-order valence-electron chi connectivity index (χ4n) is 2.83. The van der Waals surface area contributed by atoms with Crippen LogP contribution in [-0.2, 0) is 28.6 Å². The van der Waals surface area contributed by atoms with Crippen molar-refractivity contribution >= 4 is 22.0 Å². The maximum Gasteiger partial charge on any atom is 0.309 e. The number of hydrogen-bond donors (Lipinski definition) is 1. The number of nitriles is 1. The van der Waals surface area contributed by atoms with E-state index in [0.717, 1.165) is 6.26 Å². The summed E-state index contributed by atoms with van der Waals surface area (Å²) in [5, 5.41) is 11.7. The normalized spacial score (nSPS) is 28.7. The van der Waals surface area contributed by atoms with Crippen LogP contribution in [0.15, 0.2) is 0 Å². The number of rotatable bonds is 6. The van der Waals surface area contributed by atoms with E-state index in [-0.39, 0.29) is 19.4 Å². The van der Waals surface area contributed by atoms with Gasteiger partial charge in [-0.25, -0.2) is 0 Å². The van der Waals surface area contributed by atoms with Gasteiger partial charge in [0.1, 0.15) is 5.54 Å². The maximum absolute atomic E-state index is 12.4. The van der Waals surface area contributed by atoms with Crippen LogP contribution in [0.5, 0.6) is 0 Å². The molecule has 2 rings (SSSR count). The molecule has 2 saturated carbocycles. The summed E-state index contributed by atoms with van der Waals surface area (Å²) in [6.45, 7) is 1.82. The van der Waals surface area contributed by atoms with E-state index in [4.69, 9.17) is 14.2 Å². The minimum Gasteiger partial charge on any atom is -0.466 e. The molecule has 128 valence electrons. The third-order valence-electron chi connectivity index (χ3n) is 4.08. The predicted octanol–water partition coefficient (Wildman–Crippen LogP) is 0.0929. The van der Waals surface area contributed by atoms with Gasteiger partial charge in [0, 0.05) is 0 Å². The third-order valence-corrected chi connectivity index (χ3v) is 4.70. The topological polar surface area (TPSA) is 123 Å². The summed E-state index contributed by atoms with van der Waals surface area (Å²) >= 11 is 0. The Morgan fingerprint density at radius 1 is 1.30 bits per heavy atom. The van der Waals surface area contributed by atoms with Crippen LogP contribution >= 0.6 is 0 Å². The molecule has 8 nitrogen and oxygen atoms in total. The quantitative estimate of drug-likeness (QED) is 0.535. The molecule has 0 aromatic heterocycles. The third kappa shape index (κ3) is 4.42. The lowest BCUT2D eigenvalue weighted by atomic mass is 9.95. The molecule has 0 radical (unpaired) electrons. The second-order valence-electron chi connectivity index (χ2n) is 6.04. The van der Waals surface area contributed by atoms with Crippen LogP contribution < -0.4 is 5.32 Å². The Morgan fingerprint density at radius 2 is 1.91 bits per heavy atom. The van der Waals surface area contributed by atoms with Gasteiger partial charge in [-0.15, -0.1) is 0 Å². The van der Waals surface area contributed by atoms with Crippen LogP contribution in [0.4, 0.5) is 0 Å². The Kier molecular flexibility index (Phi) is 4.96. The van der Waals surface area contributed by atoms with Crippen molar-refractivity contribution in [1.29, 1.82) is 5.26 Å². The highest BCUT2D eigenvalue weighted by molar-refractivity contribution is 7.86. The molecule has 2 aliphatic rings. The monoisotopic (exact) mass is 344 g/mol. The molecule has 2 aliphatic carbocycles. The van der Waals surface area contributed by atoms with Gasteiger partial charge in [-0.1, -0.05) is 0 Å². The second-order valence-corrected chi connectivity index (χ2v) is 7.64. The van der Waals surface area contributed by atoms with Crippen molar-refractivity contribution < 1.29 is 26.9 Å². The Balaban J connectivity index is 2.11. The van der Waals surface area contributed by atoms with Gasteiger partial charge in [0.25, 0.3) is 10.1 Å². The van der Waals surface area contributed by atoms with Crippen LogP contribution in [0.25, 0.3) is 0 Å². The van der Waals surface area contributed by atoms with Crippen LogP contribution in [0.3, 0.4) is 0 Å². The molecular weight excluding hydrogens is 324 g/mol. The summed E-state index contributed by atoms with van der Waals surface area (Å²) in [6, 6.07) is 2.05. The van der Waals surface area contributed by atoms with Gasteiger partial charge in [-0.2, -0.15) is 13.7 Å². The van der Waals surface area contributed by atoms with E-state index in [2.05, 4.69) is 11.4 Å². The van der Waals surface area contributed by atoms with Crippen molar-refractivity contribution in [3.05, 3.63) is 0 Å². The van der Waals surface area contributed by atoms with Gasteiger partial charge < -0.3 is 10.1 Å². The summed E-state index contributed by atoms with van der Waals surface area (Å²) in [7, 11) is -3.68. The number of nitrogens with one attached hydrogen (secondary N) is 1. The van der Waals surface area contributed by atoms with Crippen molar-refractivity contribution in [3.8, 4) is 6.07 Å². The lowest BCUT2D eigenvalue weighted by Gasteiger charge is -2.19. The summed E-state index contributed by atoms with van der Waals surface area (Å²) in [4.78, 5) is 24.5. The van der Waals surface area contributed by atoms with E-state index in [1.165, 1.54) is 0 Å². The Labute approximate surface area is 135 Å². The van der Waals surface area contributed by atoms with E-state index in [9.17, 15) is 18.0 Å². The van der Waals surface area contributed by atoms with Crippen molar-refractivity contribution in [2.45, 2.75) is 44.2 Å². The fourth-order valence-corrected chi connectivity index (χ4v) is 3.49. The largest absolute Gasteiger partial charge is 0.466 e. The van der Waals surface area contributed by atoms with Crippen LogP contribution in [0.2, 0.25) is 0 Å². The molecule has 23 heavy (non-hydrogen) atoms. The lowest BCUT2D eigenvalue weighted by molar-refractivity contribution is -0.151. The van der Waals surface area contributed by atoms with Crippen LogP contribution in [-0.4, -0.2) is 44.8 Å². The zero-order valence-electron chi connectivity index (χ0n) is 13.1. The molecule has 3 atom stereocenters. The van der Waals surface area contributed by atoms with E-state index < -0.39 is 45.5 Å². The molecule has 0 saturated heterocycles. The molecular formula is C14H20N2O6S. The van der Waals surface area contributed by atoms with Crippen LogP contribution in [0, 0.1) is 23.2 Å². The molecule has 0 aromatic rings. The van der Waals surface area contributed by atoms with E-state index in [1.54, 1.807) is 6.92 Å². The van der Waals surface area contributed by atoms with Gasteiger partial charge in [-0.05, 0) is 32.6 Å².